The lowest BCUT2D eigenvalue weighted by Gasteiger charge is -2.08. The molecule has 7 heteroatoms. The number of hydrogen-bond donors (Lipinski definition) is 1. The van der Waals surface area contributed by atoms with Gasteiger partial charge in [-0.05, 0) is 42.7 Å². The molecule has 5 nitrogen and oxygen atoms in total. The minimum absolute atomic E-state index is 0.310. The Balaban J connectivity index is 1.90. The lowest BCUT2D eigenvalue weighted by molar-refractivity contribution is -0.119. The van der Waals surface area contributed by atoms with Gasteiger partial charge in [0.15, 0.2) is 6.61 Å². The number of esters is 1. The normalized spacial score (nSPS) is 10.1. The van der Waals surface area contributed by atoms with Crippen LogP contribution in [0, 0.1) is 5.82 Å². The summed E-state index contributed by atoms with van der Waals surface area (Å²) >= 11 is 1.31. The van der Waals surface area contributed by atoms with Crippen LogP contribution in [0.1, 0.15) is 10.4 Å². The van der Waals surface area contributed by atoms with Crippen LogP contribution in [0.4, 0.5) is 10.1 Å². The predicted molar refractivity (Wildman–Crippen MR) is 81.3 cm³/mol. The first-order chi connectivity index (χ1) is 10.6. The number of benzene rings is 1. The molecule has 0 spiro atoms. The van der Waals surface area contributed by atoms with Gasteiger partial charge in [-0.15, -0.1) is 11.8 Å². The smallest absolute Gasteiger partial charge is 0.341 e. The Bertz CT molecular complexity index is 677. The number of thioether (sulfide) groups is 1. The Kier molecular flexibility index (Phi) is 5.48. The van der Waals surface area contributed by atoms with Crippen LogP contribution in [-0.2, 0) is 9.53 Å². The highest BCUT2D eigenvalue weighted by atomic mass is 32.2. The number of halogens is 1. The number of amides is 1. The second-order valence-electron chi connectivity index (χ2n) is 4.19. The molecule has 0 aliphatic carbocycles. The predicted octanol–water partition coefficient (Wildman–Crippen LogP) is 2.74. The molecule has 114 valence electrons. The number of pyridine rings is 1. The third-order valence-electron chi connectivity index (χ3n) is 2.65. The maximum atomic E-state index is 12.7. The van der Waals surface area contributed by atoms with Gasteiger partial charge in [-0.3, -0.25) is 4.79 Å². The summed E-state index contributed by atoms with van der Waals surface area (Å²) in [6.07, 6.45) is 3.37. The summed E-state index contributed by atoms with van der Waals surface area (Å²) in [5.74, 6) is -1.52. The number of hydrogen-bond acceptors (Lipinski definition) is 5. The van der Waals surface area contributed by atoms with E-state index in [1.54, 1.807) is 24.6 Å². The topological polar surface area (TPSA) is 68.3 Å². The van der Waals surface area contributed by atoms with Gasteiger partial charge in [0.05, 0.1) is 5.56 Å². The number of nitrogens with zero attached hydrogens (tertiary/aromatic N) is 1. The van der Waals surface area contributed by atoms with Crippen LogP contribution in [0.15, 0.2) is 47.6 Å². The quantitative estimate of drug-likeness (QED) is 0.678. The molecule has 0 bridgehead atoms. The van der Waals surface area contributed by atoms with Gasteiger partial charge in [-0.2, -0.15) is 0 Å². The van der Waals surface area contributed by atoms with Crippen LogP contribution >= 0.6 is 11.8 Å². The van der Waals surface area contributed by atoms with Crippen molar-refractivity contribution in [1.82, 2.24) is 4.98 Å². The molecule has 0 radical (unpaired) electrons. The van der Waals surface area contributed by atoms with E-state index in [2.05, 4.69) is 10.3 Å². The van der Waals surface area contributed by atoms with Crippen LogP contribution in [0.5, 0.6) is 0 Å². The number of anilines is 1. The Morgan fingerprint density at radius 2 is 2.00 bits per heavy atom. The maximum absolute atomic E-state index is 12.7. The van der Waals surface area contributed by atoms with Crippen LogP contribution in [-0.4, -0.2) is 29.7 Å². The fourth-order valence-corrected chi connectivity index (χ4v) is 2.19. The summed E-state index contributed by atoms with van der Waals surface area (Å²) in [4.78, 5) is 27.7. The minimum atomic E-state index is -0.619. The van der Waals surface area contributed by atoms with Gasteiger partial charge in [0.2, 0.25) is 0 Å². The SMILES string of the molecule is CSc1ncccc1C(=O)OCC(=O)Nc1ccc(F)cc1. The molecule has 2 rings (SSSR count). The molecular weight excluding hydrogens is 307 g/mol. The van der Waals surface area contributed by atoms with Crippen LogP contribution in [0.25, 0.3) is 0 Å². The van der Waals surface area contributed by atoms with Crippen LogP contribution < -0.4 is 5.32 Å². The second kappa shape index (κ2) is 7.56. The average molecular weight is 320 g/mol. The molecule has 1 amide bonds. The van der Waals surface area contributed by atoms with E-state index in [1.807, 2.05) is 0 Å². The second-order valence-corrected chi connectivity index (χ2v) is 4.99. The van der Waals surface area contributed by atoms with Crippen molar-refractivity contribution in [3.8, 4) is 0 Å². The van der Waals surface area contributed by atoms with E-state index < -0.39 is 24.3 Å². The van der Waals surface area contributed by atoms with E-state index in [4.69, 9.17) is 4.74 Å². The highest BCUT2D eigenvalue weighted by Crippen LogP contribution is 2.17. The van der Waals surface area contributed by atoms with Crippen molar-refractivity contribution in [3.63, 3.8) is 0 Å². The van der Waals surface area contributed by atoms with Gasteiger partial charge in [-0.25, -0.2) is 14.2 Å². The highest BCUT2D eigenvalue weighted by Gasteiger charge is 2.14. The maximum Gasteiger partial charge on any atom is 0.341 e. The molecule has 1 N–H and O–H groups in total. The highest BCUT2D eigenvalue weighted by molar-refractivity contribution is 7.98. The van der Waals surface area contributed by atoms with E-state index in [0.29, 0.717) is 16.3 Å². The molecule has 1 heterocycles. The van der Waals surface area contributed by atoms with Crippen molar-refractivity contribution in [1.29, 1.82) is 0 Å². The Hall–Kier alpha value is -2.41. The van der Waals surface area contributed by atoms with Gasteiger partial charge in [0, 0.05) is 11.9 Å². The first-order valence-corrected chi connectivity index (χ1v) is 7.54. The zero-order valence-corrected chi connectivity index (χ0v) is 12.5. The van der Waals surface area contributed by atoms with Gasteiger partial charge < -0.3 is 10.1 Å². The van der Waals surface area contributed by atoms with Crippen LogP contribution in [0.3, 0.4) is 0 Å². The zero-order chi connectivity index (χ0) is 15.9. The molecule has 2 aromatic rings. The first kappa shape index (κ1) is 16.0. The van der Waals surface area contributed by atoms with Crippen molar-refractivity contribution in [2.75, 3.05) is 18.2 Å². The molecule has 0 aliphatic rings. The van der Waals surface area contributed by atoms with Crippen molar-refractivity contribution in [2.45, 2.75) is 5.03 Å². The standard InChI is InChI=1S/C15H13FN2O3S/c1-22-14-12(3-2-8-17-14)15(20)21-9-13(19)18-11-6-4-10(16)5-7-11/h2-8H,9H2,1H3,(H,18,19). The van der Waals surface area contributed by atoms with Crippen molar-refractivity contribution < 1.29 is 18.7 Å². The lowest BCUT2D eigenvalue weighted by Crippen LogP contribution is -2.21. The molecule has 0 fully saturated rings. The van der Waals surface area contributed by atoms with E-state index in [0.717, 1.165) is 0 Å². The lowest BCUT2D eigenvalue weighted by atomic mass is 10.3. The van der Waals surface area contributed by atoms with E-state index in [1.165, 1.54) is 36.0 Å². The summed E-state index contributed by atoms with van der Waals surface area (Å²) in [5, 5.41) is 3.03. The molecule has 0 saturated heterocycles. The fourth-order valence-electron chi connectivity index (χ4n) is 1.65. The molecule has 0 aliphatic heterocycles. The van der Waals surface area contributed by atoms with Gasteiger partial charge in [-0.1, -0.05) is 0 Å². The average Bonchev–Trinajstić information content (AvgIpc) is 2.54. The molecule has 22 heavy (non-hydrogen) atoms. The Labute approximate surface area is 130 Å². The molecular formula is C15H13FN2O3S. The third-order valence-corrected chi connectivity index (χ3v) is 3.36. The zero-order valence-electron chi connectivity index (χ0n) is 11.7. The van der Waals surface area contributed by atoms with Crippen molar-refractivity contribution in [2.24, 2.45) is 0 Å². The minimum Gasteiger partial charge on any atom is -0.452 e. The summed E-state index contributed by atoms with van der Waals surface area (Å²) in [6.45, 7) is -0.432. The monoisotopic (exact) mass is 320 g/mol. The molecule has 0 saturated carbocycles. The molecule has 1 aromatic heterocycles. The van der Waals surface area contributed by atoms with Gasteiger partial charge in [0.25, 0.3) is 5.91 Å². The third kappa shape index (κ3) is 4.29. The number of carbonyl (C=O) groups excluding carboxylic acids is 2. The van der Waals surface area contributed by atoms with Crippen LogP contribution in [0.2, 0.25) is 0 Å². The van der Waals surface area contributed by atoms with E-state index >= 15 is 0 Å². The van der Waals surface area contributed by atoms with Crippen molar-refractivity contribution in [3.05, 3.63) is 54.0 Å². The Morgan fingerprint density at radius 1 is 1.27 bits per heavy atom. The van der Waals surface area contributed by atoms with Gasteiger partial charge >= 0.3 is 5.97 Å². The number of aromatic nitrogens is 1. The Morgan fingerprint density at radius 3 is 2.68 bits per heavy atom. The summed E-state index contributed by atoms with van der Waals surface area (Å²) < 4.78 is 17.7. The number of nitrogens with one attached hydrogen (secondary N) is 1. The largest absolute Gasteiger partial charge is 0.452 e. The number of carbonyl (C=O) groups is 2. The number of rotatable bonds is 5. The van der Waals surface area contributed by atoms with Crippen molar-refractivity contribution >= 4 is 29.3 Å². The summed E-state index contributed by atoms with van der Waals surface area (Å²) in [6, 6.07) is 8.49. The summed E-state index contributed by atoms with van der Waals surface area (Å²) in [7, 11) is 0. The first-order valence-electron chi connectivity index (χ1n) is 6.31. The fraction of sp³-hybridized carbons (Fsp3) is 0.133. The number of ether oxygens (including phenoxy) is 1. The molecule has 0 atom stereocenters. The summed E-state index contributed by atoms with van der Waals surface area (Å²) in [5.41, 5.74) is 0.734. The molecule has 0 unspecified atom stereocenters. The van der Waals surface area contributed by atoms with E-state index in [9.17, 15) is 14.0 Å². The van der Waals surface area contributed by atoms with E-state index in [-0.39, 0.29) is 0 Å². The molecule has 1 aromatic carbocycles. The van der Waals surface area contributed by atoms with Gasteiger partial charge in [0.1, 0.15) is 10.8 Å².